The molecule has 0 saturated heterocycles. The number of aliphatic hydroxyl groups is 1. The molecule has 0 unspecified atom stereocenters. The minimum absolute atomic E-state index is 0.0558. The van der Waals surface area contributed by atoms with Gasteiger partial charge in [-0.25, -0.2) is 4.79 Å². The maximum Gasteiger partial charge on any atom is 0.335 e. The Kier molecular flexibility index (Phi) is 4.42. The maximum atomic E-state index is 11.2. The molecular formula is C15H20N2O3. The van der Waals surface area contributed by atoms with Gasteiger partial charge in [-0.3, -0.25) is 0 Å². The summed E-state index contributed by atoms with van der Waals surface area (Å²) < 4.78 is 1.99. The highest BCUT2D eigenvalue weighted by molar-refractivity contribution is 5.96. The van der Waals surface area contributed by atoms with Gasteiger partial charge in [0.1, 0.15) is 0 Å². The van der Waals surface area contributed by atoms with E-state index in [2.05, 4.69) is 0 Å². The molecule has 0 atom stereocenters. The highest BCUT2D eigenvalue weighted by Gasteiger charge is 2.14. The second kappa shape index (κ2) is 6.07. The second-order valence-corrected chi connectivity index (χ2v) is 4.96. The van der Waals surface area contributed by atoms with Crippen molar-refractivity contribution >= 4 is 16.9 Å². The molecule has 0 radical (unpaired) electrons. The van der Waals surface area contributed by atoms with Crippen molar-refractivity contribution < 1.29 is 15.0 Å². The maximum absolute atomic E-state index is 11.2. The monoisotopic (exact) mass is 276 g/mol. The van der Waals surface area contributed by atoms with Crippen LogP contribution in [-0.4, -0.2) is 33.9 Å². The summed E-state index contributed by atoms with van der Waals surface area (Å²) in [7, 11) is 0. The predicted molar refractivity (Wildman–Crippen MR) is 78.1 cm³/mol. The summed E-state index contributed by atoms with van der Waals surface area (Å²) in [4.78, 5) is 11.2. The molecule has 0 aliphatic heterocycles. The van der Waals surface area contributed by atoms with Crippen molar-refractivity contribution in [1.82, 2.24) is 4.57 Å². The molecule has 5 heteroatoms. The first-order valence-electron chi connectivity index (χ1n) is 6.75. The molecule has 2 aromatic rings. The van der Waals surface area contributed by atoms with E-state index < -0.39 is 5.97 Å². The van der Waals surface area contributed by atoms with E-state index in [1.54, 1.807) is 12.1 Å². The lowest BCUT2D eigenvalue weighted by Crippen LogP contribution is -2.02. The van der Waals surface area contributed by atoms with E-state index in [4.69, 9.17) is 10.8 Å². The number of hydrogen-bond donors (Lipinski definition) is 3. The Morgan fingerprint density at radius 3 is 2.75 bits per heavy atom. The van der Waals surface area contributed by atoms with E-state index in [1.807, 2.05) is 17.7 Å². The van der Waals surface area contributed by atoms with E-state index in [0.29, 0.717) is 18.7 Å². The van der Waals surface area contributed by atoms with Crippen molar-refractivity contribution in [1.29, 1.82) is 0 Å². The molecule has 0 amide bonds. The molecule has 0 spiro atoms. The number of aryl methyl sites for hydroxylation is 2. The Bertz CT molecular complexity index is 632. The topological polar surface area (TPSA) is 88.5 Å². The van der Waals surface area contributed by atoms with Gasteiger partial charge in [0.25, 0.3) is 0 Å². The average Bonchev–Trinajstić information content (AvgIpc) is 2.75. The fourth-order valence-electron chi connectivity index (χ4n) is 2.63. The van der Waals surface area contributed by atoms with Crippen molar-refractivity contribution in [2.24, 2.45) is 5.73 Å². The van der Waals surface area contributed by atoms with Crippen LogP contribution in [0.25, 0.3) is 10.9 Å². The van der Waals surface area contributed by atoms with Gasteiger partial charge in [-0.1, -0.05) is 0 Å². The van der Waals surface area contributed by atoms with Crippen molar-refractivity contribution in [3.63, 3.8) is 0 Å². The number of aromatic nitrogens is 1. The van der Waals surface area contributed by atoms with E-state index in [1.165, 1.54) is 0 Å². The molecular weight excluding hydrogens is 256 g/mol. The summed E-state index contributed by atoms with van der Waals surface area (Å²) in [5.41, 5.74) is 8.84. The van der Waals surface area contributed by atoms with Crippen molar-refractivity contribution in [2.45, 2.75) is 26.3 Å². The first kappa shape index (κ1) is 14.6. The minimum Gasteiger partial charge on any atom is -0.478 e. The number of aromatic carboxylic acids is 1. The van der Waals surface area contributed by atoms with Crippen LogP contribution in [0.2, 0.25) is 0 Å². The average molecular weight is 276 g/mol. The molecule has 1 aromatic heterocycles. The predicted octanol–water partition coefficient (Wildman–Crippen LogP) is 1.53. The van der Waals surface area contributed by atoms with Crippen LogP contribution in [-0.2, 0) is 13.0 Å². The largest absolute Gasteiger partial charge is 0.478 e. The van der Waals surface area contributed by atoms with E-state index in [-0.39, 0.29) is 6.61 Å². The molecule has 0 aliphatic carbocycles. The van der Waals surface area contributed by atoms with Gasteiger partial charge in [0.15, 0.2) is 0 Å². The molecule has 0 saturated carbocycles. The summed E-state index contributed by atoms with van der Waals surface area (Å²) in [6.45, 7) is 3.06. The van der Waals surface area contributed by atoms with Crippen molar-refractivity contribution in [3.8, 4) is 0 Å². The van der Waals surface area contributed by atoms with Crippen LogP contribution in [0.1, 0.15) is 27.9 Å². The highest BCUT2D eigenvalue weighted by atomic mass is 16.4. The van der Waals surface area contributed by atoms with Gasteiger partial charge in [-0.05, 0) is 49.6 Å². The Balaban J connectivity index is 2.62. The number of carboxylic acid groups (broad SMARTS) is 1. The van der Waals surface area contributed by atoms with E-state index >= 15 is 0 Å². The third kappa shape index (κ3) is 2.69. The summed E-state index contributed by atoms with van der Waals surface area (Å²) in [5, 5.41) is 19.3. The Morgan fingerprint density at radius 1 is 1.40 bits per heavy atom. The van der Waals surface area contributed by atoms with Crippen LogP contribution in [0.4, 0.5) is 0 Å². The van der Waals surface area contributed by atoms with Gasteiger partial charge in [0.2, 0.25) is 0 Å². The number of aliphatic hydroxyl groups excluding tert-OH is 1. The lowest BCUT2D eigenvalue weighted by molar-refractivity contribution is 0.0697. The fourth-order valence-corrected chi connectivity index (χ4v) is 2.63. The van der Waals surface area contributed by atoms with Gasteiger partial charge in [-0.15, -0.1) is 0 Å². The Hall–Kier alpha value is -1.85. The second-order valence-electron chi connectivity index (χ2n) is 4.96. The standard InChI is InChI=1S/C15H20N2O3/c1-10-7-12(15(19)20)8-13-11(3-2-4-16)9-17(5-6-18)14(10)13/h7-9,18H,2-6,16H2,1H3,(H,19,20). The van der Waals surface area contributed by atoms with Crippen molar-refractivity contribution in [3.05, 3.63) is 35.0 Å². The fraction of sp³-hybridized carbons (Fsp3) is 0.400. The summed E-state index contributed by atoms with van der Waals surface area (Å²) in [5.74, 6) is -0.922. The zero-order valence-electron chi connectivity index (χ0n) is 11.6. The highest BCUT2D eigenvalue weighted by Crippen LogP contribution is 2.27. The third-order valence-corrected chi connectivity index (χ3v) is 3.48. The number of nitrogens with two attached hydrogens (primary N) is 1. The molecule has 5 nitrogen and oxygen atoms in total. The van der Waals surface area contributed by atoms with Crippen molar-refractivity contribution in [2.75, 3.05) is 13.2 Å². The smallest absolute Gasteiger partial charge is 0.335 e. The van der Waals surface area contributed by atoms with Crippen LogP contribution >= 0.6 is 0 Å². The van der Waals surface area contributed by atoms with Gasteiger partial charge < -0.3 is 20.5 Å². The number of rotatable bonds is 6. The number of fused-ring (bicyclic) bond motifs is 1. The Morgan fingerprint density at radius 2 is 2.15 bits per heavy atom. The van der Waals surface area contributed by atoms with Gasteiger partial charge >= 0.3 is 5.97 Å². The Labute approximate surface area is 117 Å². The number of benzene rings is 1. The molecule has 2 rings (SSSR count). The first-order chi connectivity index (χ1) is 9.58. The number of nitrogens with zero attached hydrogens (tertiary/aromatic N) is 1. The number of carbonyl (C=O) groups is 1. The third-order valence-electron chi connectivity index (χ3n) is 3.48. The van der Waals surface area contributed by atoms with Crippen LogP contribution < -0.4 is 5.73 Å². The number of hydrogen-bond acceptors (Lipinski definition) is 3. The van der Waals surface area contributed by atoms with Crippen LogP contribution in [0, 0.1) is 6.92 Å². The van der Waals surface area contributed by atoms with Crippen LogP contribution in [0.3, 0.4) is 0 Å². The molecule has 108 valence electrons. The summed E-state index contributed by atoms with van der Waals surface area (Å²) in [6, 6.07) is 3.38. The van der Waals surface area contributed by atoms with Gasteiger partial charge in [0, 0.05) is 18.1 Å². The quantitative estimate of drug-likeness (QED) is 0.746. The molecule has 20 heavy (non-hydrogen) atoms. The number of carboxylic acids is 1. The van der Waals surface area contributed by atoms with Crippen LogP contribution in [0.5, 0.6) is 0 Å². The van der Waals surface area contributed by atoms with Gasteiger partial charge in [0.05, 0.1) is 17.7 Å². The molecule has 4 N–H and O–H groups in total. The lowest BCUT2D eigenvalue weighted by atomic mass is 10.0. The summed E-state index contributed by atoms with van der Waals surface area (Å²) >= 11 is 0. The lowest BCUT2D eigenvalue weighted by Gasteiger charge is -2.06. The molecule has 1 aromatic carbocycles. The van der Waals surface area contributed by atoms with Gasteiger partial charge in [-0.2, -0.15) is 0 Å². The normalized spacial score (nSPS) is 11.2. The molecule has 0 bridgehead atoms. The minimum atomic E-state index is -0.922. The zero-order valence-corrected chi connectivity index (χ0v) is 11.6. The first-order valence-corrected chi connectivity index (χ1v) is 6.75. The SMILES string of the molecule is Cc1cc(C(=O)O)cc2c(CCCN)cn(CCO)c12. The van der Waals surface area contributed by atoms with E-state index in [9.17, 15) is 9.90 Å². The summed E-state index contributed by atoms with van der Waals surface area (Å²) in [6.07, 6.45) is 3.66. The molecule has 0 aliphatic rings. The van der Waals surface area contributed by atoms with E-state index in [0.717, 1.165) is 34.9 Å². The zero-order chi connectivity index (χ0) is 14.7. The molecule has 0 fully saturated rings. The van der Waals surface area contributed by atoms with Crippen LogP contribution in [0.15, 0.2) is 18.3 Å². The molecule has 1 heterocycles.